The molecule has 2 saturated heterocycles. The fourth-order valence-electron chi connectivity index (χ4n) is 4.11. The first-order valence-corrected chi connectivity index (χ1v) is 9.66. The van der Waals surface area contributed by atoms with Crippen molar-refractivity contribution < 1.29 is 14.7 Å². The van der Waals surface area contributed by atoms with Crippen molar-refractivity contribution in [2.75, 3.05) is 26.2 Å². The number of carbonyl (C=O) groups is 2. The van der Waals surface area contributed by atoms with Gasteiger partial charge in [-0.3, -0.25) is 4.79 Å². The van der Waals surface area contributed by atoms with Crippen molar-refractivity contribution in [1.82, 2.24) is 15.1 Å². The van der Waals surface area contributed by atoms with Crippen LogP contribution in [0.2, 0.25) is 0 Å². The molecule has 6 heteroatoms. The van der Waals surface area contributed by atoms with E-state index in [1.165, 1.54) is 0 Å². The Balaban J connectivity index is 1.52. The maximum atomic E-state index is 12.5. The summed E-state index contributed by atoms with van der Waals surface area (Å²) in [4.78, 5) is 28.7. The Hall–Kier alpha value is -2.08. The lowest BCUT2D eigenvalue weighted by Crippen LogP contribution is -2.58. The molecule has 0 aliphatic carbocycles. The number of amides is 3. The van der Waals surface area contributed by atoms with Gasteiger partial charge in [-0.15, -0.1) is 0 Å². The smallest absolute Gasteiger partial charge is 0.317 e. The van der Waals surface area contributed by atoms with Gasteiger partial charge in [0.2, 0.25) is 5.91 Å². The van der Waals surface area contributed by atoms with Crippen molar-refractivity contribution in [3.05, 3.63) is 35.9 Å². The van der Waals surface area contributed by atoms with Crippen LogP contribution in [0.3, 0.4) is 0 Å². The molecule has 1 aromatic rings. The van der Waals surface area contributed by atoms with Gasteiger partial charge in [-0.1, -0.05) is 30.3 Å². The fourth-order valence-corrected chi connectivity index (χ4v) is 4.11. The van der Waals surface area contributed by atoms with Crippen LogP contribution in [0.15, 0.2) is 30.3 Å². The molecule has 0 spiro atoms. The highest BCUT2D eigenvalue weighted by Gasteiger charge is 2.39. The van der Waals surface area contributed by atoms with Crippen molar-refractivity contribution in [3.63, 3.8) is 0 Å². The molecule has 26 heavy (non-hydrogen) atoms. The van der Waals surface area contributed by atoms with Crippen LogP contribution in [-0.4, -0.2) is 59.1 Å². The van der Waals surface area contributed by atoms with E-state index in [2.05, 4.69) is 5.32 Å². The van der Waals surface area contributed by atoms with Crippen molar-refractivity contribution >= 4 is 11.9 Å². The molecular weight excluding hydrogens is 330 g/mol. The number of urea groups is 1. The predicted molar refractivity (Wildman–Crippen MR) is 99.4 cm³/mol. The van der Waals surface area contributed by atoms with E-state index >= 15 is 0 Å². The van der Waals surface area contributed by atoms with E-state index < -0.39 is 0 Å². The summed E-state index contributed by atoms with van der Waals surface area (Å²) < 4.78 is 0. The molecular formula is C20H29N3O3. The topological polar surface area (TPSA) is 72.9 Å². The lowest BCUT2D eigenvalue weighted by molar-refractivity contribution is -0.140. The molecule has 0 radical (unpaired) electrons. The molecule has 2 N–H and O–H groups in total. The number of nitrogens with one attached hydrogen (secondary N) is 1. The minimum atomic E-state index is -0.0176. The molecule has 3 rings (SSSR count). The molecule has 6 nitrogen and oxygen atoms in total. The van der Waals surface area contributed by atoms with Crippen LogP contribution in [0.4, 0.5) is 4.79 Å². The van der Waals surface area contributed by atoms with E-state index in [0.29, 0.717) is 25.4 Å². The molecule has 0 saturated carbocycles. The van der Waals surface area contributed by atoms with E-state index in [1.807, 2.05) is 40.1 Å². The van der Waals surface area contributed by atoms with Crippen LogP contribution >= 0.6 is 0 Å². The quantitative estimate of drug-likeness (QED) is 0.763. The number of likely N-dealkylation sites (tertiary alicyclic amines) is 2. The Bertz CT molecular complexity index is 608. The molecule has 2 fully saturated rings. The van der Waals surface area contributed by atoms with Gasteiger partial charge in [0.15, 0.2) is 0 Å². The Morgan fingerprint density at radius 1 is 1.19 bits per heavy atom. The van der Waals surface area contributed by atoms with Gasteiger partial charge < -0.3 is 20.2 Å². The molecule has 142 valence electrons. The van der Waals surface area contributed by atoms with Gasteiger partial charge in [0.1, 0.15) is 0 Å². The van der Waals surface area contributed by atoms with Gasteiger partial charge in [0, 0.05) is 45.2 Å². The molecule has 0 aromatic heterocycles. The van der Waals surface area contributed by atoms with E-state index in [9.17, 15) is 9.59 Å². The zero-order valence-corrected chi connectivity index (χ0v) is 15.3. The summed E-state index contributed by atoms with van der Waals surface area (Å²) in [7, 11) is 0. The van der Waals surface area contributed by atoms with Gasteiger partial charge in [0.05, 0.1) is 0 Å². The van der Waals surface area contributed by atoms with Crippen LogP contribution < -0.4 is 5.32 Å². The summed E-state index contributed by atoms with van der Waals surface area (Å²) in [5.74, 6) is 0.587. The number of hydrogen-bond donors (Lipinski definition) is 2. The zero-order chi connectivity index (χ0) is 18.4. The van der Waals surface area contributed by atoms with E-state index in [4.69, 9.17) is 5.11 Å². The minimum absolute atomic E-state index is 0.0176. The number of fused-ring (bicyclic) bond motifs is 1. The monoisotopic (exact) mass is 359 g/mol. The van der Waals surface area contributed by atoms with Crippen LogP contribution in [0, 0.1) is 5.92 Å². The Labute approximate surface area is 155 Å². The Morgan fingerprint density at radius 2 is 2.00 bits per heavy atom. The third kappa shape index (κ3) is 4.55. The lowest BCUT2D eigenvalue weighted by Gasteiger charge is -2.47. The van der Waals surface area contributed by atoms with E-state index in [0.717, 1.165) is 44.3 Å². The maximum Gasteiger partial charge on any atom is 0.317 e. The summed E-state index contributed by atoms with van der Waals surface area (Å²) in [5, 5.41) is 12.0. The normalized spacial score (nSPS) is 22.9. The summed E-state index contributed by atoms with van der Waals surface area (Å²) >= 11 is 0. The lowest BCUT2D eigenvalue weighted by atomic mass is 9.83. The second-order valence-electron chi connectivity index (χ2n) is 7.26. The van der Waals surface area contributed by atoms with Gasteiger partial charge in [-0.25, -0.2) is 4.79 Å². The standard InChI is InChI=1S/C20H29N3O3/c24-13-5-4-11-23-18-10-12-22(15-17(18)8-9-19(23)25)20(26)21-14-16-6-2-1-3-7-16/h1-3,6-7,17-18,24H,4-5,8-15H2,(H,21,26)/t17-,18+/m0/s1. The Morgan fingerprint density at radius 3 is 2.77 bits per heavy atom. The average molecular weight is 359 g/mol. The number of aliphatic hydroxyl groups excluding tert-OH is 1. The second kappa shape index (κ2) is 9.03. The molecule has 2 aliphatic heterocycles. The number of piperidine rings is 2. The summed E-state index contributed by atoms with van der Waals surface area (Å²) in [6, 6.07) is 10.1. The van der Waals surface area contributed by atoms with Crippen LogP contribution in [-0.2, 0) is 11.3 Å². The van der Waals surface area contributed by atoms with E-state index in [1.54, 1.807) is 0 Å². The third-order valence-corrected chi connectivity index (χ3v) is 5.52. The van der Waals surface area contributed by atoms with Crippen LogP contribution in [0.5, 0.6) is 0 Å². The molecule has 1 aromatic carbocycles. The first-order chi connectivity index (χ1) is 12.7. The van der Waals surface area contributed by atoms with Crippen LogP contribution in [0.1, 0.15) is 37.7 Å². The number of unbranched alkanes of at least 4 members (excludes halogenated alkanes) is 1. The SMILES string of the molecule is O=C(NCc1ccccc1)N1CC[C@@H]2[C@@H](CCC(=O)N2CCCCO)C1. The van der Waals surface area contributed by atoms with Crippen molar-refractivity contribution in [1.29, 1.82) is 0 Å². The van der Waals surface area contributed by atoms with Gasteiger partial charge in [-0.2, -0.15) is 0 Å². The highest BCUT2D eigenvalue weighted by atomic mass is 16.3. The van der Waals surface area contributed by atoms with Crippen molar-refractivity contribution in [3.8, 4) is 0 Å². The van der Waals surface area contributed by atoms with Gasteiger partial charge >= 0.3 is 6.03 Å². The summed E-state index contributed by atoms with van der Waals surface area (Å²) in [5.41, 5.74) is 1.09. The molecule has 0 unspecified atom stereocenters. The summed E-state index contributed by atoms with van der Waals surface area (Å²) in [6.45, 7) is 2.84. The number of hydrogen-bond acceptors (Lipinski definition) is 3. The van der Waals surface area contributed by atoms with Gasteiger partial charge in [-0.05, 0) is 37.2 Å². The number of nitrogens with zero attached hydrogens (tertiary/aromatic N) is 2. The fraction of sp³-hybridized carbons (Fsp3) is 0.600. The number of benzene rings is 1. The highest BCUT2D eigenvalue weighted by Crippen LogP contribution is 2.31. The minimum Gasteiger partial charge on any atom is -0.396 e. The van der Waals surface area contributed by atoms with Crippen molar-refractivity contribution in [2.24, 2.45) is 5.92 Å². The van der Waals surface area contributed by atoms with E-state index in [-0.39, 0.29) is 24.6 Å². The largest absolute Gasteiger partial charge is 0.396 e. The average Bonchev–Trinajstić information content (AvgIpc) is 2.68. The summed E-state index contributed by atoms with van der Waals surface area (Å²) in [6.07, 6.45) is 3.85. The first-order valence-electron chi connectivity index (χ1n) is 9.66. The maximum absolute atomic E-state index is 12.5. The molecule has 2 atom stereocenters. The number of rotatable bonds is 6. The molecule has 0 bridgehead atoms. The number of carbonyl (C=O) groups excluding carboxylic acids is 2. The highest BCUT2D eigenvalue weighted by molar-refractivity contribution is 5.78. The first kappa shape index (κ1) is 18.7. The van der Waals surface area contributed by atoms with Crippen LogP contribution in [0.25, 0.3) is 0 Å². The molecule has 2 aliphatic rings. The number of aliphatic hydroxyl groups is 1. The third-order valence-electron chi connectivity index (χ3n) is 5.52. The van der Waals surface area contributed by atoms with Gasteiger partial charge in [0.25, 0.3) is 0 Å². The Kier molecular flexibility index (Phi) is 6.50. The zero-order valence-electron chi connectivity index (χ0n) is 15.3. The molecule has 3 amide bonds. The predicted octanol–water partition coefficient (Wildman–Crippen LogP) is 1.98. The second-order valence-corrected chi connectivity index (χ2v) is 7.26. The van der Waals surface area contributed by atoms with Crippen molar-refractivity contribution in [2.45, 2.75) is 44.7 Å². The molecule has 2 heterocycles.